The van der Waals surface area contributed by atoms with Gasteiger partial charge in [-0.15, -0.1) is 24.0 Å². The van der Waals surface area contributed by atoms with Crippen LogP contribution in [0.5, 0.6) is 11.5 Å². The van der Waals surface area contributed by atoms with E-state index in [1.807, 2.05) is 13.1 Å². The summed E-state index contributed by atoms with van der Waals surface area (Å²) in [6, 6.07) is 6.51. The van der Waals surface area contributed by atoms with Crippen LogP contribution >= 0.6 is 24.0 Å². The molecule has 0 saturated carbocycles. The number of benzene rings is 1. The number of guanidine groups is 1. The molecule has 3 rings (SSSR count). The van der Waals surface area contributed by atoms with E-state index in [4.69, 9.17) is 9.47 Å². The molecule has 2 heterocycles. The van der Waals surface area contributed by atoms with E-state index in [0.29, 0.717) is 6.04 Å². The van der Waals surface area contributed by atoms with Gasteiger partial charge in [0.25, 0.3) is 0 Å². The molecule has 7 nitrogen and oxygen atoms in total. The molecule has 1 aromatic carbocycles. The molecule has 176 valence electrons. The summed E-state index contributed by atoms with van der Waals surface area (Å²) < 4.78 is 10.8. The lowest BCUT2D eigenvalue weighted by atomic mass is 10.2. The fourth-order valence-corrected chi connectivity index (χ4v) is 4.39. The van der Waals surface area contributed by atoms with Crippen molar-refractivity contribution in [3.63, 3.8) is 0 Å². The Labute approximate surface area is 205 Å². The fourth-order valence-electron chi connectivity index (χ4n) is 4.39. The van der Waals surface area contributed by atoms with E-state index in [-0.39, 0.29) is 24.0 Å². The van der Waals surface area contributed by atoms with E-state index >= 15 is 0 Å². The number of nitrogens with one attached hydrogen (secondary N) is 2. The molecule has 1 atom stereocenters. The Hall–Kier alpha value is -1.26. The van der Waals surface area contributed by atoms with Crippen LogP contribution in [-0.2, 0) is 6.54 Å². The predicted octanol–water partition coefficient (Wildman–Crippen LogP) is 2.94. The maximum Gasteiger partial charge on any atom is 0.191 e. The third kappa shape index (κ3) is 8.65. The fraction of sp³-hybridized carbons (Fsp3) is 0.696. The van der Waals surface area contributed by atoms with Crippen molar-refractivity contribution in [3.05, 3.63) is 23.8 Å². The second-order valence-corrected chi connectivity index (χ2v) is 8.34. The first-order valence-electron chi connectivity index (χ1n) is 11.3. The van der Waals surface area contributed by atoms with Crippen LogP contribution in [0.2, 0.25) is 0 Å². The second-order valence-electron chi connectivity index (χ2n) is 8.34. The monoisotopic (exact) mass is 545 g/mol. The van der Waals surface area contributed by atoms with Crippen LogP contribution in [0.25, 0.3) is 0 Å². The molecule has 0 aliphatic carbocycles. The van der Waals surface area contributed by atoms with Crippen LogP contribution in [0.3, 0.4) is 0 Å². The van der Waals surface area contributed by atoms with Crippen molar-refractivity contribution >= 4 is 29.9 Å². The zero-order chi connectivity index (χ0) is 21.2. The lowest BCUT2D eigenvalue weighted by Crippen LogP contribution is -2.46. The van der Waals surface area contributed by atoms with Crippen molar-refractivity contribution in [3.8, 4) is 11.5 Å². The zero-order valence-corrected chi connectivity index (χ0v) is 21.7. The Morgan fingerprint density at radius 2 is 1.68 bits per heavy atom. The molecule has 0 radical (unpaired) electrons. The van der Waals surface area contributed by atoms with Gasteiger partial charge in [-0.05, 0) is 50.0 Å². The molecule has 0 amide bonds. The number of likely N-dealkylation sites (tertiary alicyclic amines) is 2. The molecule has 2 aliphatic rings. The van der Waals surface area contributed by atoms with Crippen molar-refractivity contribution in [2.45, 2.75) is 44.7 Å². The minimum atomic E-state index is 0. The predicted molar refractivity (Wildman–Crippen MR) is 138 cm³/mol. The third-order valence-corrected chi connectivity index (χ3v) is 6.07. The molecule has 2 saturated heterocycles. The molecule has 2 N–H and O–H groups in total. The first-order valence-corrected chi connectivity index (χ1v) is 11.3. The summed E-state index contributed by atoms with van der Waals surface area (Å²) in [6.45, 7) is 7.48. The van der Waals surface area contributed by atoms with Gasteiger partial charge in [-0.1, -0.05) is 12.8 Å². The molecule has 31 heavy (non-hydrogen) atoms. The number of hydrogen-bond acceptors (Lipinski definition) is 5. The number of hydrogen-bond donors (Lipinski definition) is 2. The van der Waals surface area contributed by atoms with Crippen LogP contribution in [0.15, 0.2) is 23.2 Å². The quantitative estimate of drug-likeness (QED) is 0.298. The summed E-state index contributed by atoms with van der Waals surface area (Å²) in [5, 5.41) is 7.11. The average Bonchev–Trinajstić information content (AvgIpc) is 3.03. The maximum atomic E-state index is 5.40. The van der Waals surface area contributed by atoms with Gasteiger partial charge in [0.2, 0.25) is 0 Å². The van der Waals surface area contributed by atoms with E-state index in [9.17, 15) is 0 Å². The van der Waals surface area contributed by atoms with Gasteiger partial charge in [-0.25, -0.2) is 0 Å². The summed E-state index contributed by atoms with van der Waals surface area (Å²) in [6.07, 6.45) is 6.56. The smallest absolute Gasteiger partial charge is 0.191 e. The highest BCUT2D eigenvalue weighted by atomic mass is 127. The molecule has 1 unspecified atom stereocenters. The summed E-state index contributed by atoms with van der Waals surface area (Å²) in [5.41, 5.74) is 1.21. The minimum Gasteiger partial charge on any atom is -0.497 e. The largest absolute Gasteiger partial charge is 0.497 e. The maximum absolute atomic E-state index is 5.40. The summed E-state index contributed by atoms with van der Waals surface area (Å²) in [4.78, 5) is 9.48. The molecule has 2 aliphatic heterocycles. The summed E-state index contributed by atoms with van der Waals surface area (Å²) in [7, 11) is 5.25. The molecule has 8 heteroatoms. The molecular weight excluding hydrogens is 505 g/mol. The standard InChI is InChI=1S/C23H39N5O2.HI/c1-24-23(25-9-13-27-10-6-4-5-7-11-27)26-20-8-12-28(18-20)17-19-14-21(29-2)16-22(15-19)30-3;/h14-16,20H,4-13,17-18H2,1-3H3,(H2,24,25,26);1H. The molecule has 0 spiro atoms. The highest BCUT2D eigenvalue weighted by molar-refractivity contribution is 14.0. The van der Waals surface area contributed by atoms with E-state index in [2.05, 4.69) is 37.6 Å². The van der Waals surface area contributed by atoms with Crippen molar-refractivity contribution in [1.82, 2.24) is 20.4 Å². The van der Waals surface area contributed by atoms with Crippen LogP contribution < -0.4 is 20.1 Å². The molecule has 0 bridgehead atoms. The number of aliphatic imine (C=N–C) groups is 1. The Kier molecular flexibility index (Phi) is 11.7. The van der Waals surface area contributed by atoms with Crippen LogP contribution in [0, 0.1) is 0 Å². The highest BCUT2D eigenvalue weighted by Crippen LogP contribution is 2.24. The van der Waals surface area contributed by atoms with Crippen molar-refractivity contribution < 1.29 is 9.47 Å². The van der Waals surface area contributed by atoms with E-state index < -0.39 is 0 Å². The van der Waals surface area contributed by atoms with Crippen LogP contribution in [-0.4, -0.2) is 82.3 Å². The Balaban J connectivity index is 0.00000341. The third-order valence-electron chi connectivity index (χ3n) is 6.07. The van der Waals surface area contributed by atoms with Gasteiger partial charge in [0.15, 0.2) is 5.96 Å². The van der Waals surface area contributed by atoms with E-state index in [1.165, 1.54) is 44.3 Å². The first-order chi connectivity index (χ1) is 14.7. The molecular formula is C23H40IN5O2. The number of methoxy groups -OCH3 is 2. The summed E-state index contributed by atoms with van der Waals surface area (Å²) in [5.74, 6) is 2.60. The highest BCUT2D eigenvalue weighted by Gasteiger charge is 2.23. The van der Waals surface area contributed by atoms with Crippen LogP contribution in [0.1, 0.15) is 37.7 Å². The molecule has 1 aromatic rings. The van der Waals surface area contributed by atoms with E-state index in [0.717, 1.165) is 56.6 Å². The lowest BCUT2D eigenvalue weighted by molar-refractivity contribution is 0.289. The number of halogens is 1. The van der Waals surface area contributed by atoms with Crippen LogP contribution in [0.4, 0.5) is 0 Å². The minimum absolute atomic E-state index is 0. The lowest BCUT2D eigenvalue weighted by Gasteiger charge is -2.22. The van der Waals surface area contributed by atoms with Gasteiger partial charge < -0.3 is 25.0 Å². The van der Waals surface area contributed by atoms with Gasteiger partial charge in [0.1, 0.15) is 11.5 Å². The van der Waals surface area contributed by atoms with E-state index in [1.54, 1.807) is 14.2 Å². The van der Waals surface area contributed by atoms with Gasteiger partial charge in [0, 0.05) is 51.9 Å². The summed E-state index contributed by atoms with van der Waals surface area (Å²) >= 11 is 0. The van der Waals surface area contributed by atoms with Crippen molar-refractivity contribution in [2.75, 3.05) is 60.5 Å². The topological polar surface area (TPSA) is 61.4 Å². The zero-order valence-electron chi connectivity index (χ0n) is 19.4. The SMILES string of the molecule is CN=C(NCCN1CCCCCC1)NC1CCN(Cc2cc(OC)cc(OC)c2)C1.I. The Morgan fingerprint density at radius 1 is 1.00 bits per heavy atom. The first kappa shape index (κ1) is 26.0. The average molecular weight is 546 g/mol. The molecule has 0 aromatic heterocycles. The normalized spacial score (nSPS) is 20.6. The Morgan fingerprint density at radius 3 is 2.29 bits per heavy atom. The van der Waals surface area contributed by atoms with Gasteiger partial charge in [0.05, 0.1) is 14.2 Å². The number of rotatable bonds is 8. The van der Waals surface area contributed by atoms with Gasteiger partial charge >= 0.3 is 0 Å². The Bertz CT molecular complexity index is 658. The number of ether oxygens (including phenoxy) is 2. The van der Waals surface area contributed by atoms with Gasteiger partial charge in [-0.3, -0.25) is 9.89 Å². The second kappa shape index (κ2) is 14.0. The van der Waals surface area contributed by atoms with Crippen molar-refractivity contribution in [1.29, 1.82) is 0 Å². The van der Waals surface area contributed by atoms with Crippen molar-refractivity contribution in [2.24, 2.45) is 4.99 Å². The number of nitrogens with zero attached hydrogens (tertiary/aromatic N) is 3. The molecule has 2 fully saturated rings. The van der Waals surface area contributed by atoms with Gasteiger partial charge in [-0.2, -0.15) is 0 Å².